The maximum absolute atomic E-state index is 4.13. The van der Waals surface area contributed by atoms with Crippen molar-refractivity contribution in [1.82, 2.24) is 0 Å². The smallest absolute Gasteiger partial charge is 0.0179 e. The minimum absolute atomic E-state index is 0.863. The van der Waals surface area contributed by atoms with E-state index in [1.807, 2.05) is 0 Å². The Bertz CT molecular complexity index is 712. The van der Waals surface area contributed by atoms with Crippen molar-refractivity contribution < 1.29 is 0 Å². The van der Waals surface area contributed by atoms with Crippen LogP contribution in [-0.2, 0) is 0 Å². The molecule has 2 rings (SSSR count). The fourth-order valence-electron chi connectivity index (χ4n) is 2.45. The van der Waals surface area contributed by atoms with E-state index in [-0.39, 0.29) is 0 Å². The number of unbranched alkanes of at least 4 members (excludes halogenated alkanes) is 2. The first-order valence-electron chi connectivity index (χ1n) is 8.63. The molecule has 0 bridgehead atoms. The van der Waals surface area contributed by atoms with Crippen molar-refractivity contribution >= 4 is 5.57 Å². The molecular formula is C24H26. The van der Waals surface area contributed by atoms with Gasteiger partial charge in [0, 0.05) is 12.0 Å². The van der Waals surface area contributed by atoms with Gasteiger partial charge in [0.1, 0.15) is 0 Å². The molecule has 0 atom stereocenters. The molecule has 0 aromatic heterocycles. The van der Waals surface area contributed by atoms with Crippen LogP contribution in [0.25, 0.3) is 5.57 Å². The van der Waals surface area contributed by atoms with E-state index in [2.05, 4.69) is 93.8 Å². The summed E-state index contributed by atoms with van der Waals surface area (Å²) in [6, 6.07) is 17.2. The third-order valence-corrected chi connectivity index (χ3v) is 3.95. The second kappa shape index (κ2) is 8.94. The molecule has 0 spiro atoms. The molecule has 0 saturated carbocycles. The van der Waals surface area contributed by atoms with Crippen LogP contribution >= 0.6 is 0 Å². The minimum Gasteiger partial charge on any atom is -0.0979 e. The molecule has 2 aromatic rings. The van der Waals surface area contributed by atoms with E-state index in [0.29, 0.717) is 0 Å². The van der Waals surface area contributed by atoms with E-state index < -0.39 is 0 Å². The van der Waals surface area contributed by atoms with Crippen molar-refractivity contribution in [2.24, 2.45) is 0 Å². The molecule has 0 radical (unpaired) electrons. The van der Waals surface area contributed by atoms with E-state index in [0.717, 1.165) is 18.4 Å². The lowest BCUT2D eigenvalue weighted by Crippen LogP contribution is -1.90. The molecule has 0 aliphatic rings. The lowest BCUT2D eigenvalue weighted by atomic mass is 9.95. The summed E-state index contributed by atoms with van der Waals surface area (Å²) in [6.45, 7) is 10.5. The summed E-state index contributed by atoms with van der Waals surface area (Å²) in [4.78, 5) is 0. The van der Waals surface area contributed by atoms with Crippen LogP contribution in [0.2, 0.25) is 0 Å². The predicted molar refractivity (Wildman–Crippen MR) is 106 cm³/mol. The molecule has 0 aliphatic carbocycles. The molecule has 0 heteroatoms. The minimum atomic E-state index is 0.863. The highest BCUT2D eigenvalue weighted by molar-refractivity contribution is 5.82. The summed E-state index contributed by atoms with van der Waals surface area (Å²) >= 11 is 0. The van der Waals surface area contributed by atoms with E-state index in [1.165, 1.54) is 34.2 Å². The molecule has 0 nitrogen and oxygen atoms in total. The summed E-state index contributed by atoms with van der Waals surface area (Å²) in [5.74, 6) is 6.41. The third kappa shape index (κ3) is 5.28. The van der Waals surface area contributed by atoms with E-state index in [9.17, 15) is 0 Å². The molecule has 0 saturated heterocycles. The van der Waals surface area contributed by atoms with Gasteiger partial charge >= 0.3 is 0 Å². The average Bonchev–Trinajstić information content (AvgIpc) is 2.58. The summed E-state index contributed by atoms with van der Waals surface area (Å²) in [5, 5.41) is 0. The van der Waals surface area contributed by atoms with Crippen LogP contribution in [0.3, 0.4) is 0 Å². The Morgan fingerprint density at radius 2 is 1.42 bits per heavy atom. The van der Waals surface area contributed by atoms with E-state index in [1.54, 1.807) is 0 Å². The first-order valence-corrected chi connectivity index (χ1v) is 8.63. The van der Waals surface area contributed by atoms with Gasteiger partial charge in [-0.1, -0.05) is 91.4 Å². The SMILES string of the molecule is C=C(C#CCCCC)C=C(c1ccc(C)cc1)c1ccc(C)cc1. The second-order valence-corrected chi connectivity index (χ2v) is 6.22. The molecule has 24 heavy (non-hydrogen) atoms. The Balaban J connectivity index is 2.36. The van der Waals surface area contributed by atoms with Crippen LogP contribution in [0.4, 0.5) is 0 Å². The molecule has 2 aromatic carbocycles. The Hall–Kier alpha value is -2.52. The quantitative estimate of drug-likeness (QED) is 0.336. The number of allylic oxidation sites excluding steroid dienone is 2. The topological polar surface area (TPSA) is 0 Å². The lowest BCUT2D eigenvalue weighted by molar-refractivity contribution is 0.828. The number of hydrogen-bond donors (Lipinski definition) is 0. The Labute approximate surface area is 146 Å². The first kappa shape index (κ1) is 17.8. The summed E-state index contributed by atoms with van der Waals surface area (Å²) in [7, 11) is 0. The van der Waals surface area contributed by atoms with E-state index >= 15 is 0 Å². The lowest BCUT2D eigenvalue weighted by Gasteiger charge is -2.10. The van der Waals surface area contributed by atoms with Crippen molar-refractivity contribution in [1.29, 1.82) is 0 Å². The first-order chi connectivity index (χ1) is 11.6. The average molecular weight is 314 g/mol. The van der Waals surface area contributed by atoms with Crippen molar-refractivity contribution in [2.75, 3.05) is 0 Å². The van der Waals surface area contributed by atoms with Gasteiger partial charge in [0.15, 0.2) is 0 Å². The molecule has 0 unspecified atom stereocenters. The van der Waals surface area contributed by atoms with Gasteiger partial charge < -0.3 is 0 Å². The maximum atomic E-state index is 4.13. The molecule has 0 heterocycles. The summed E-state index contributed by atoms with van der Waals surface area (Å²) < 4.78 is 0. The molecule has 0 fully saturated rings. The molecule has 0 N–H and O–H groups in total. The van der Waals surface area contributed by atoms with Gasteiger partial charge in [-0.25, -0.2) is 0 Å². The van der Waals surface area contributed by atoms with E-state index in [4.69, 9.17) is 0 Å². The Morgan fingerprint density at radius 3 is 1.88 bits per heavy atom. The monoisotopic (exact) mass is 314 g/mol. The normalized spacial score (nSPS) is 9.79. The van der Waals surface area contributed by atoms with Gasteiger partial charge in [-0.3, -0.25) is 0 Å². The number of rotatable bonds is 5. The fraction of sp³-hybridized carbons (Fsp3) is 0.250. The Morgan fingerprint density at radius 1 is 0.917 bits per heavy atom. The zero-order chi connectivity index (χ0) is 17.4. The number of benzene rings is 2. The van der Waals surface area contributed by atoms with Gasteiger partial charge in [0.2, 0.25) is 0 Å². The van der Waals surface area contributed by atoms with Gasteiger partial charge in [-0.2, -0.15) is 0 Å². The van der Waals surface area contributed by atoms with Gasteiger partial charge in [-0.05, 0) is 43.0 Å². The zero-order valence-electron chi connectivity index (χ0n) is 15.0. The highest BCUT2D eigenvalue weighted by atomic mass is 14.1. The van der Waals surface area contributed by atoms with Gasteiger partial charge in [0.25, 0.3) is 0 Å². The Kier molecular flexibility index (Phi) is 6.64. The van der Waals surface area contributed by atoms with Gasteiger partial charge in [-0.15, -0.1) is 0 Å². The van der Waals surface area contributed by atoms with Crippen LogP contribution in [0, 0.1) is 25.7 Å². The highest BCUT2D eigenvalue weighted by Gasteiger charge is 2.05. The van der Waals surface area contributed by atoms with Crippen LogP contribution in [0.15, 0.2) is 66.8 Å². The van der Waals surface area contributed by atoms with Crippen LogP contribution in [-0.4, -0.2) is 0 Å². The summed E-state index contributed by atoms with van der Waals surface area (Å²) in [5.41, 5.74) is 6.95. The number of hydrogen-bond acceptors (Lipinski definition) is 0. The van der Waals surface area contributed by atoms with Crippen molar-refractivity contribution in [3.8, 4) is 11.8 Å². The van der Waals surface area contributed by atoms with Crippen LogP contribution in [0.5, 0.6) is 0 Å². The number of aryl methyl sites for hydroxylation is 2. The van der Waals surface area contributed by atoms with Crippen molar-refractivity contribution in [3.63, 3.8) is 0 Å². The van der Waals surface area contributed by atoms with Crippen molar-refractivity contribution in [3.05, 3.63) is 89.0 Å². The van der Waals surface area contributed by atoms with Crippen LogP contribution in [0.1, 0.15) is 48.4 Å². The maximum Gasteiger partial charge on any atom is 0.0179 e. The highest BCUT2D eigenvalue weighted by Crippen LogP contribution is 2.25. The van der Waals surface area contributed by atoms with Crippen LogP contribution < -0.4 is 0 Å². The predicted octanol–water partition coefficient (Wildman–Crippen LogP) is 6.48. The van der Waals surface area contributed by atoms with Crippen molar-refractivity contribution in [2.45, 2.75) is 40.0 Å². The standard InChI is InChI=1S/C24H26/c1-5-6-7-8-9-21(4)18-24(22-14-10-19(2)11-15-22)23-16-12-20(3)13-17-23/h10-18H,4-7H2,1-3H3. The molecular weight excluding hydrogens is 288 g/mol. The summed E-state index contributed by atoms with van der Waals surface area (Å²) in [6.07, 6.45) is 5.36. The van der Waals surface area contributed by atoms with Gasteiger partial charge in [0.05, 0.1) is 0 Å². The largest absolute Gasteiger partial charge is 0.0979 e. The zero-order valence-corrected chi connectivity index (χ0v) is 15.0. The molecule has 0 amide bonds. The molecule has 0 aliphatic heterocycles. The second-order valence-electron chi connectivity index (χ2n) is 6.22. The third-order valence-electron chi connectivity index (χ3n) is 3.95. The molecule has 122 valence electrons. The fourth-order valence-corrected chi connectivity index (χ4v) is 2.45.